The first-order chi connectivity index (χ1) is 16.0. The van der Waals surface area contributed by atoms with Gasteiger partial charge in [-0.1, -0.05) is 26.8 Å². The van der Waals surface area contributed by atoms with Crippen molar-refractivity contribution in [1.82, 2.24) is 4.57 Å². The molecule has 34 heavy (non-hydrogen) atoms. The van der Waals surface area contributed by atoms with Crippen LogP contribution in [-0.4, -0.2) is 43.6 Å². The second-order valence-electron chi connectivity index (χ2n) is 9.84. The summed E-state index contributed by atoms with van der Waals surface area (Å²) in [4.78, 5) is 13.2. The summed E-state index contributed by atoms with van der Waals surface area (Å²) >= 11 is 0. The Labute approximate surface area is 197 Å². The van der Waals surface area contributed by atoms with Crippen molar-refractivity contribution in [2.45, 2.75) is 63.5 Å². The lowest BCUT2D eigenvalue weighted by Crippen LogP contribution is -2.28. The molecule has 0 bridgehead atoms. The fourth-order valence-corrected chi connectivity index (χ4v) is 4.42. The molecule has 1 heterocycles. The minimum absolute atomic E-state index is 0.0486. The van der Waals surface area contributed by atoms with E-state index in [1.165, 1.54) is 18.2 Å². The zero-order chi connectivity index (χ0) is 24.8. The highest BCUT2D eigenvalue weighted by atomic mass is 19.1. The van der Waals surface area contributed by atoms with Gasteiger partial charge in [-0.05, 0) is 49.1 Å². The van der Waals surface area contributed by atoms with Crippen LogP contribution in [0.5, 0.6) is 11.5 Å². The van der Waals surface area contributed by atoms with Gasteiger partial charge >= 0.3 is 0 Å². The molecule has 182 valence electrons. The van der Waals surface area contributed by atoms with Crippen molar-refractivity contribution in [3.8, 4) is 11.5 Å². The SMILES string of the molecule is CCC(C)(C)c1cc2cc(NC(=O)C3(c4ccc(O)c(O)c4)CC3)c(F)cc2n1C[C@@H](O)CO. The third-order valence-electron chi connectivity index (χ3n) is 7.13. The summed E-state index contributed by atoms with van der Waals surface area (Å²) in [6.45, 7) is 5.89. The molecule has 0 aliphatic heterocycles. The number of nitrogens with one attached hydrogen (secondary N) is 1. The van der Waals surface area contributed by atoms with Crippen LogP contribution in [0.25, 0.3) is 10.9 Å². The van der Waals surface area contributed by atoms with E-state index in [0.29, 0.717) is 29.3 Å². The van der Waals surface area contributed by atoms with Crippen LogP contribution in [0.3, 0.4) is 0 Å². The van der Waals surface area contributed by atoms with Crippen LogP contribution < -0.4 is 5.32 Å². The number of nitrogens with zero attached hydrogens (tertiary/aromatic N) is 1. The predicted molar refractivity (Wildman–Crippen MR) is 128 cm³/mol. The van der Waals surface area contributed by atoms with Crippen LogP contribution in [0, 0.1) is 5.82 Å². The van der Waals surface area contributed by atoms with Crippen molar-refractivity contribution >= 4 is 22.5 Å². The molecule has 0 unspecified atom stereocenters. The van der Waals surface area contributed by atoms with Gasteiger partial charge in [0, 0.05) is 22.6 Å². The monoisotopic (exact) mass is 470 g/mol. The molecular formula is C26H31FN2O5. The Morgan fingerprint density at radius 3 is 2.47 bits per heavy atom. The van der Waals surface area contributed by atoms with Crippen LogP contribution >= 0.6 is 0 Å². The number of amides is 1. The van der Waals surface area contributed by atoms with Gasteiger partial charge in [0.05, 0.1) is 35.9 Å². The molecule has 1 saturated carbocycles. The van der Waals surface area contributed by atoms with E-state index in [0.717, 1.165) is 12.1 Å². The van der Waals surface area contributed by atoms with Gasteiger partial charge in [0.15, 0.2) is 11.5 Å². The normalized spacial score (nSPS) is 15.9. The minimum atomic E-state index is -0.985. The largest absolute Gasteiger partial charge is 0.504 e. The van der Waals surface area contributed by atoms with Gasteiger partial charge in [0.2, 0.25) is 5.91 Å². The van der Waals surface area contributed by atoms with Gasteiger partial charge in [-0.15, -0.1) is 0 Å². The Balaban J connectivity index is 1.71. The van der Waals surface area contributed by atoms with Crippen LogP contribution in [0.2, 0.25) is 0 Å². The molecule has 1 atom stereocenters. The molecule has 7 nitrogen and oxygen atoms in total. The number of hydrogen-bond acceptors (Lipinski definition) is 5. The van der Waals surface area contributed by atoms with E-state index >= 15 is 4.39 Å². The van der Waals surface area contributed by atoms with E-state index in [9.17, 15) is 25.2 Å². The fourth-order valence-electron chi connectivity index (χ4n) is 4.42. The van der Waals surface area contributed by atoms with Crippen molar-refractivity contribution in [2.24, 2.45) is 0 Å². The summed E-state index contributed by atoms with van der Waals surface area (Å²) in [7, 11) is 0. The van der Waals surface area contributed by atoms with Crippen LogP contribution in [0.4, 0.5) is 10.1 Å². The summed E-state index contributed by atoms with van der Waals surface area (Å²) in [5.41, 5.74) is 0.958. The summed E-state index contributed by atoms with van der Waals surface area (Å²) < 4.78 is 17.0. The summed E-state index contributed by atoms with van der Waals surface area (Å²) in [5, 5.41) is 42.3. The zero-order valence-electron chi connectivity index (χ0n) is 19.6. The van der Waals surface area contributed by atoms with Gasteiger partial charge in [-0.25, -0.2) is 4.39 Å². The number of anilines is 1. The van der Waals surface area contributed by atoms with Crippen molar-refractivity contribution in [3.63, 3.8) is 0 Å². The molecule has 5 N–H and O–H groups in total. The standard InChI is InChI=1S/C26H31FN2O5/c1-4-25(2,3)23-10-15-9-19(18(27)12-20(15)29(23)13-17(31)14-30)28-24(34)26(7-8-26)16-5-6-21(32)22(33)11-16/h5-6,9-12,17,30-33H,4,7-8,13-14H2,1-3H3,(H,28,34)/t17-/m1/s1. The minimum Gasteiger partial charge on any atom is -0.504 e. The molecule has 1 amide bonds. The number of aliphatic hydroxyl groups excluding tert-OH is 2. The number of rotatable bonds is 8. The molecule has 0 saturated heterocycles. The van der Waals surface area contributed by atoms with Crippen molar-refractivity contribution in [1.29, 1.82) is 0 Å². The smallest absolute Gasteiger partial charge is 0.235 e. The summed E-state index contributed by atoms with van der Waals surface area (Å²) in [6, 6.07) is 9.16. The van der Waals surface area contributed by atoms with Gasteiger partial charge in [0.1, 0.15) is 5.82 Å². The lowest BCUT2D eigenvalue weighted by molar-refractivity contribution is -0.118. The third-order valence-corrected chi connectivity index (χ3v) is 7.13. The van der Waals surface area contributed by atoms with Crippen LogP contribution in [-0.2, 0) is 22.2 Å². The number of phenolic OH excluding ortho intramolecular Hbond substituents is 2. The number of aromatic nitrogens is 1. The molecule has 3 aromatic rings. The molecule has 0 radical (unpaired) electrons. The van der Waals surface area contributed by atoms with Crippen LogP contribution in [0.15, 0.2) is 36.4 Å². The second-order valence-corrected chi connectivity index (χ2v) is 9.84. The quantitative estimate of drug-likeness (QED) is 0.320. The average Bonchev–Trinajstić information content (AvgIpc) is 3.55. The highest BCUT2D eigenvalue weighted by molar-refractivity contribution is 6.02. The van der Waals surface area contributed by atoms with Gasteiger partial charge in [-0.3, -0.25) is 4.79 Å². The van der Waals surface area contributed by atoms with Crippen molar-refractivity contribution in [3.05, 3.63) is 53.5 Å². The number of phenols is 2. The lowest BCUT2D eigenvalue weighted by atomic mass is 9.86. The number of aromatic hydroxyl groups is 2. The average molecular weight is 471 g/mol. The Morgan fingerprint density at radius 2 is 1.88 bits per heavy atom. The number of halogens is 1. The Kier molecular flexibility index (Phi) is 6.08. The first-order valence-electron chi connectivity index (χ1n) is 11.5. The van der Waals surface area contributed by atoms with E-state index in [-0.39, 0.29) is 35.1 Å². The van der Waals surface area contributed by atoms with E-state index in [1.807, 2.05) is 17.6 Å². The van der Waals surface area contributed by atoms with E-state index in [2.05, 4.69) is 19.2 Å². The van der Waals surface area contributed by atoms with Gasteiger partial charge < -0.3 is 30.3 Å². The predicted octanol–water partition coefficient (Wildman–Crippen LogP) is 3.90. The first kappa shape index (κ1) is 24.0. The molecule has 1 fully saturated rings. The molecule has 1 aliphatic carbocycles. The number of aliphatic hydroxyl groups is 2. The maximum Gasteiger partial charge on any atom is 0.235 e. The number of hydrogen-bond donors (Lipinski definition) is 5. The van der Waals surface area contributed by atoms with E-state index < -0.39 is 23.9 Å². The number of carbonyl (C=O) groups is 1. The lowest BCUT2D eigenvalue weighted by Gasteiger charge is -2.26. The molecule has 1 aliphatic rings. The Bertz CT molecular complexity index is 1250. The van der Waals surface area contributed by atoms with Crippen molar-refractivity contribution < 1.29 is 29.6 Å². The maximum absolute atomic E-state index is 15.2. The molecule has 4 rings (SSSR count). The van der Waals surface area contributed by atoms with E-state index in [1.54, 1.807) is 12.1 Å². The highest BCUT2D eigenvalue weighted by Crippen LogP contribution is 2.50. The summed E-state index contributed by atoms with van der Waals surface area (Å²) in [5.74, 6) is -1.55. The summed E-state index contributed by atoms with van der Waals surface area (Å²) in [6.07, 6.45) is 0.932. The number of benzene rings is 2. The zero-order valence-corrected chi connectivity index (χ0v) is 19.6. The van der Waals surface area contributed by atoms with Gasteiger partial charge in [-0.2, -0.15) is 0 Å². The van der Waals surface area contributed by atoms with Gasteiger partial charge in [0.25, 0.3) is 0 Å². The first-order valence-corrected chi connectivity index (χ1v) is 11.5. The number of carbonyl (C=O) groups excluding carboxylic acids is 1. The van der Waals surface area contributed by atoms with E-state index in [4.69, 9.17) is 0 Å². The Hall–Kier alpha value is -3.10. The fraction of sp³-hybridized carbons (Fsp3) is 0.423. The molecule has 0 spiro atoms. The molecule has 2 aromatic carbocycles. The van der Waals surface area contributed by atoms with Crippen molar-refractivity contribution in [2.75, 3.05) is 11.9 Å². The highest BCUT2D eigenvalue weighted by Gasteiger charge is 2.51. The molecular weight excluding hydrogens is 439 g/mol. The van der Waals surface area contributed by atoms with Crippen LogP contribution in [0.1, 0.15) is 51.3 Å². The third kappa shape index (κ3) is 4.12. The maximum atomic E-state index is 15.2. The second kappa shape index (κ2) is 8.60. The molecule has 1 aromatic heterocycles. The molecule has 8 heteroatoms. The number of fused-ring (bicyclic) bond motifs is 1. The Morgan fingerprint density at radius 1 is 1.18 bits per heavy atom. The topological polar surface area (TPSA) is 115 Å².